The van der Waals surface area contributed by atoms with Crippen LogP contribution in [-0.2, 0) is 30.4 Å². The number of phenols is 1. The average molecular weight is 567 g/mol. The van der Waals surface area contributed by atoms with E-state index in [4.69, 9.17) is 21.7 Å². The Labute approximate surface area is 233 Å². The summed E-state index contributed by atoms with van der Waals surface area (Å²) < 4.78 is 0. The van der Waals surface area contributed by atoms with Crippen molar-refractivity contribution in [3.05, 3.63) is 29.8 Å². The monoisotopic (exact) mass is 566 g/mol. The molecule has 5 unspecified atom stereocenters. The van der Waals surface area contributed by atoms with Gasteiger partial charge in [0.25, 0.3) is 0 Å². The molecule has 0 spiro atoms. The smallest absolute Gasteiger partial charge is 0.328 e. The molecule has 11 N–H and O–H groups in total. The summed E-state index contributed by atoms with van der Waals surface area (Å²) in [6, 6.07) is 0.421. The van der Waals surface area contributed by atoms with Crippen molar-refractivity contribution in [2.45, 2.75) is 76.7 Å². The number of carbonyl (C=O) groups is 5. The summed E-state index contributed by atoms with van der Waals surface area (Å²) >= 11 is 0. The van der Waals surface area contributed by atoms with E-state index in [0.717, 1.165) is 5.56 Å². The van der Waals surface area contributed by atoms with Crippen molar-refractivity contribution in [2.24, 2.45) is 17.4 Å². The zero-order chi connectivity index (χ0) is 30.4. The SMILES string of the molecule is CC(NC(=O)C(CCCCN)NC(=O)C(NC(=O)C(N)Cc1ccc(O)cc1)C(C)C)C(=O)NC(CO)C(=O)O. The molecule has 0 aromatic heterocycles. The van der Waals surface area contributed by atoms with Crippen LogP contribution < -0.4 is 32.7 Å². The van der Waals surface area contributed by atoms with E-state index < -0.39 is 66.4 Å². The van der Waals surface area contributed by atoms with Gasteiger partial charge in [-0.3, -0.25) is 19.2 Å². The standard InChI is InChI=1S/C26H42N6O8/c1-14(2)21(32-23(36)18(28)12-16-7-9-17(34)10-8-16)25(38)30-19(6-4-5-11-27)24(37)29-15(3)22(35)31-20(13-33)26(39)40/h7-10,14-15,18-21,33-34H,4-6,11-13,27-28H2,1-3H3,(H,29,37)(H,30,38)(H,31,35)(H,32,36)(H,39,40). The number of carboxylic acid groups (broad SMARTS) is 1. The number of amides is 4. The van der Waals surface area contributed by atoms with Gasteiger partial charge in [-0.05, 0) is 62.8 Å². The number of aliphatic hydroxyl groups is 1. The number of carbonyl (C=O) groups excluding carboxylic acids is 4. The number of carboxylic acids is 1. The van der Waals surface area contributed by atoms with E-state index >= 15 is 0 Å². The van der Waals surface area contributed by atoms with Crippen LogP contribution in [0.1, 0.15) is 45.6 Å². The number of aromatic hydroxyl groups is 1. The molecule has 0 radical (unpaired) electrons. The van der Waals surface area contributed by atoms with Crippen molar-refractivity contribution in [3.8, 4) is 5.75 Å². The predicted octanol–water partition coefficient (Wildman–Crippen LogP) is -1.92. The van der Waals surface area contributed by atoms with Gasteiger partial charge in [0.15, 0.2) is 0 Å². The minimum Gasteiger partial charge on any atom is -0.508 e. The number of aliphatic carboxylic acids is 1. The number of rotatable bonds is 17. The average Bonchev–Trinajstić information content (AvgIpc) is 2.90. The van der Waals surface area contributed by atoms with Crippen LogP contribution >= 0.6 is 0 Å². The molecule has 14 heteroatoms. The maximum atomic E-state index is 13.2. The summed E-state index contributed by atoms with van der Waals surface area (Å²) in [4.78, 5) is 62.3. The molecule has 1 aromatic carbocycles. The molecule has 40 heavy (non-hydrogen) atoms. The fourth-order valence-electron chi connectivity index (χ4n) is 3.66. The molecule has 0 heterocycles. The highest BCUT2D eigenvalue weighted by Crippen LogP contribution is 2.12. The van der Waals surface area contributed by atoms with Crippen LogP contribution in [-0.4, -0.2) is 88.3 Å². The highest BCUT2D eigenvalue weighted by molar-refractivity contribution is 5.95. The van der Waals surface area contributed by atoms with Gasteiger partial charge in [-0.15, -0.1) is 0 Å². The summed E-state index contributed by atoms with van der Waals surface area (Å²) in [5.41, 5.74) is 12.3. The van der Waals surface area contributed by atoms with Gasteiger partial charge in [0.1, 0.15) is 29.9 Å². The number of benzene rings is 1. The van der Waals surface area contributed by atoms with Gasteiger partial charge in [-0.2, -0.15) is 0 Å². The number of hydrogen-bond donors (Lipinski definition) is 9. The molecular weight excluding hydrogens is 524 g/mol. The van der Waals surface area contributed by atoms with Gasteiger partial charge in [0.2, 0.25) is 23.6 Å². The van der Waals surface area contributed by atoms with Crippen molar-refractivity contribution in [3.63, 3.8) is 0 Å². The van der Waals surface area contributed by atoms with Crippen LogP contribution in [0.5, 0.6) is 5.75 Å². The number of nitrogens with two attached hydrogens (primary N) is 2. The largest absolute Gasteiger partial charge is 0.508 e. The van der Waals surface area contributed by atoms with E-state index in [2.05, 4.69) is 21.3 Å². The second-order valence-electron chi connectivity index (χ2n) is 9.87. The first kappa shape index (κ1) is 34.3. The fourth-order valence-corrected chi connectivity index (χ4v) is 3.66. The van der Waals surface area contributed by atoms with Crippen LogP contribution in [0, 0.1) is 5.92 Å². The fraction of sp³-hybridized carbons (Fsp3) is 0.577. The van der Waals surface area contributed by atoms with Gasteiger partial charge >= 0.3 is 5.97 Å². The van der Waals surface area contributed by atoms with E-state index in [1.165, 1.54) is 19.1 Å². The normalized spacial score (nSPS) is 14.8. The Hall–Kier alpha value is -3.75. The van der Waals surface area contributed by atoms with Gasteiger partial charge in [-0.1, -0.05) is 26.0 Å². The Morgan fingerprint density at radius 2 is 1.43 bits per heavy atom. The molecule has 4 amide bonds. The predicted molar refractivity (Wildman–Crippen MR) is 146 cm³/mol. The zero-order valence-corrected chi connectivity index (χ0v) is 23.1. The topological polar surface area (TPSA) is 246 Å². The second-order valence-corrected chi connectivity index (χ2v) is 9.87. The molecule has 0 aliphatic rings. The van der Waals surface area contributed by atoms with Crippen LogP contribution in [0.25, 0.3) is 0 Å². The van der Waals surface area contributed by atoms with Gasteiger partial charge in [-0.25, -0.2) is 4.79 Å². The van der Waals surface area contributed by atoms with Crippen LogP contribution in [0.3, 0.4) is 0 Å². The summed E-state index contributed by atoms with van der Waals surface area (Å²) in [6.07, 6.45) is 1.42. The number of nitrogens with one attached hydrogen (secondary N) is 4. The highest BCUT2D eigenvalue weighted by Gasteiger charge is 2.31. The number of aliphatic hydroxyl groups excluding tert-OH is 1. The third kappa shape index (κ3) is 11.6. The third-order valence-electron chi connectivity index (χ3n) is 6.10. The minimum absolute atomic E-state index is 0.0769. The van der Waals surface area contributed by atoms with E-state index in [-0.39, 0.29) is 24.5 Å². The molecule has 0 aliphatic heterocycles. The number of hydrogen-bond acceptors (Lipinski definition) is 9. The Morgan fingerprint density at radius 3 is 1.95 bits per heavy atom. The quantitative estimate of drug-likeness (QED) is 0.0946. The maximum absolute atomic E-state index is 13.2. The number of phenolic OH excluding ortho intramolecular Hbond substituents is 1. The van der Waals surface area contributed by atoms with Crippen molar-refractivity contribution in [1.29, 1.82) is 0 Å². The van der Waals surface area contributed by atoms with Crippen LogP contribution in [0.15, 0.2) is 24.3 Å². The summed E-state index contributed by atoms with van der Waals surface area (Å²) in [5.74, 6) is -4.46. The van der Waals surface area contributed by atoms with E-state index in [0.29, 0.717) is 19.4 Å². The molecule has 1 aromatic rings. The molecule has 1 rings (SSSR count). The first-order valence-corrected chi connectivity index (χ1v) is 13.1. The molecule has 0 fully saturated rings. The Bertz CT molecular complexity index is 1000. The van der Waals surface area contributed by atoms with Gasteiger partial charge in [0.05, 0.1) is 12.6 Å². The molecule has 14 nitrogen and oxygen atoms in total. The summed E-state index contributed by atoms with van der Waals surface area (Å²) in [5, 5.41) is 37.4. The van der Waals surface area contributed by atoms with E-state index in [1.807, 2.05) is 0 Å². The minimum atomic E-state index is -1.54. The summed E-state index contributed by atoms with van der Waals surface area (Å²) in [6.45, 7) is 4.29. The van der Waals surface area contributed by atoms with Crippen LogP contribution in [0.2, 0.25) is 0 Å². The summed E-state index contributed by atoms with van der Waals surface area (Å²) in [7, 11) is 0. The lowest BCUT2D eigenvalue weighted by molar-refractivity contribution is -0.143. The van der Waals surface area contributed by atoms with E-state index in [9.17, 15) is 29.1 Å². The van der Waals surface area contributed by atoms with E-state index in [1.54, 1.807) is 26.0 Å². The molecule has 0 aliphatic carbocycles. The molecule has 224 valence electrons. The molecule has 0 saturated carbocycles. The van der Waals surface area contributed by atoms with Crippen LogP contribution in [0.4, 0.5) is 0 Å². The van der Waals surface area contributed by atoms with Crippen molar-refractivity contribution >= 4 is 29.6 Å². The van der Waals surface area contributed by atoms with Crippen molar-refractivity contribution in [2.75, 3.05) is 13.2 Å². The number of unbranched alkanes of at least 4 members (excludes halogenated alkanes) is 1. The third-order valence-corrected chi connectivity index (χ3v) is 6.10. The zero-order valence-electron chi connectivity index (χ0n) is 23.1. The highest BCUT2D eigenvalue weighted by atomic mass is 16.4. The maximum Gasteiger partial charge on any atom is 0.328 e. The Morgan fingerprint density at radius 1 is 0.825 bits per heavy atom. The molecular formula is C26H42N6O8. The lowest BCUT2D eigenvalue weighted by Gasteiger charge is -2.27. The van der Waals surface area contributed by atoms with Crippen molar-refractivity contribution < 1.29 is 39.3 Å². The van der Waals surface area contributed by atoms with Gasteiger partial charge < -0.3 is 48.1 Å². The first-order chi connectivity index (χ1) is 18.8. The second kappa shape index (κ2) is 17.0. The Kier molecular flexibility index (Phi) is 14.6. The molecule has 0 bridgehead atoms. The van der Waals surface area contributed by atoms with Gasteiger partial charge in [0, 0.05) is 0 Å². The molecule has 5 atom stereocenters. The first-order valence-electron chi connectivity index (χ1n) is 13.1. The Balaban J connectivity index is 2.91. The molecule has 0 saturated heterocycles. The van der Waals surface area contributed by atoms with Crippen molar-refractivity contribution in [1.82, 2.24) is 21.3 Å². The lowest BCUT2D eigenvalue weighted by Crippen LogP contribution is -2.59. The lowest BCUT2D eigenvalue weighted by atomic mass is 10.00.